The van der Waals surface area contributed by atoms with Crippen molar-refractivity contribution in [1.82, 2.24) is 24.7 Å². The summed E-state index contributed by atoms with van der Waals surface area (Å²) in [5.41, 5.74) is 1.80. The summed E-state index contributed by atoms with van der Waals surface area (Å²) in [5, 5.41) is 7.53. The van der Waals surface area contributed by atoms with Gasteiger partial charge in [0, 0.05) is 17.3 Å². The van der Waals surface area contributed by atoms with E-state index in [9.17, 15) is 13.6 Å². The van der Waals surface area contributed by atoms with E-state index in [-0.39, 0.29) is 30.5 Å². The Morgan fingerprint density at radius 3 is 2.86 bits per heavy atom. The van der Waals surface area contributed by atoms with E-state index in [4.69, 9.17) is 0 Å². The van der Waals surface area contributed by atoms with Crippen LogP contribution in [0.5, 0.6) is 0 Å². The highest BCUT2D eigenvalue weighted by molar-refractivity contribution is 5.98. The van der Waals surface area contributed by atoms with Gasteiger partial charge in [0.05, 0.1) is 24.5 Å². The number of carbonyl (C=O) groups excluding carboxylic acids is 1. The van der Waals surface area contributed by atoms with E-state index in [1.807, 2.05) is 0 Å². The van der Waals surface area contributed by atoms with Crippen LogP contribution in [0.15, 0.2) is 42.7 Å². The molecule has 4 heterocycles. The van der Waals surface area contributed by atoms with Crippen molar-refractivity contribution in [3.63, 3.8) is 0 Å². The Morgan fingerprint density at radius 1 is 1.14 bits per heavy atom. The highest BCUT2D eigenvalue weighted by Gasteiger charge is 2.23. The minimum Gasteiger partial charge on any atom is -0.310 e. The summed E-state index contributed by atoms with van der Waals surface area (Å²) in [4.78, 5) is 24.3. The van der Waals surface area contributed by atoms with Crippen LogP contribution in [0.1, 0.15) is 11.1 Å². The first-order chi connectivity index (χ1) is 13.6. The van der Waals surface area contributed by atoms with Gasteiger partial charge in [-0.3, -0.25) is 4.79 Å². The lowest BCUT2D eigenvalue weighted by Crippen LogP contribution is -2.05. The zero-order valence-corrected chi connectivity index (χ0v) is 14.4. The fraction of sp³-hybridized carbons (Fsp3) is 0.105. The quantitative estimate of drug-likeness (QED) is 0.592. The average Bonchev–Trinajstić information content (AvgIpc) is 3.22. The van der Waals surface area contributed by atoms with Gasteiger partial charge < -0.3 is 5.32 Å². The number of rotatable bonds is 3. The zero-order chi connectivity index (χ0) is 19.3. The number of amides is 1. The van der Waals surface area contributed by atoms with E-state index in [1.54, 1.807) is 24.4 Å². The number of halogens is 2. The summed E-state index contributed by atoms with van der Waals surface area (Å²) in [5.74, 6) is -0.425. The van der Waals surface area contributed by atoms with Crippen LogP contribution in [0.4, 0.5) is 14.6 Å². The van der Waals surface area contributed by atoms with E-state index < -0.39 is 5.82 Å². The number of benzene rings is 1. The van der Waals surface area contributed by atoms with Crippen LogP contribution in [0, 0.1) is 11.6 Å². The van der Waals surface area contributed by atoms with Crippen molar-refractivity contribution in [1.29, 1.82) is 0 Å². The second-order valence-corrected chi connectivity index (χ2v) is 6.41. The number of hydrogen-bond donors (Lipinski definition) is 1. The number of carbonyl (C=O) groups is 1. The molecule has 138 valence electrons. The molecule has 1 amide bonds. The molecule has 5 rings (SSSR count). The third-order valence-electron chi connectivity index (χ3n) is 4.52. The molecular formula is C19H12F2N6O. The maximum Gasteiger partial charge on any atom is 0.230 e. The topological polar surface area (TPSA) is 85.6 Å². The van der Waals surface area contributed by atoms with E-state index >= 15 is 0 Å². The molecule has 1 N–H and O–H groups in total. The van der Waals surface area contributed by atoms with Gasteiger partial charge in [-0.15, -0.1) is 0 Å². The van der Waals surface area contributed by atoms with Crippen LogP contribution in [0.25, 0.3) is 22.6 Å². The van der Waals surface area contributed by atoms with Crippen LogP contribution < -0.4 is 5.32 Å². The molecule has 0 atom stereocenters. The Morgan fingerprint density at radius 2 is 2.00 bits per heavy atom. The molecule has 3 aromatic heterocycles. The van der Waals surface area contributed by atoms with Crippen LogP contribution in [-0.2, 0) is 17.8 Å². The smallest absolute Gasteiger partial charge is 0.230 e. The molecular weight excluding hydrogens is 366 g/mol. The van der Waals surface area contributed by atoms with Gasteiger partial charge in [-0.1, -0.05) is 18.2 Å². The molecule has 0 radical (unpaired) electrons. The Bertz CT molecular complexity index is 1250. The lowest BCUT2D eigenvalue weighted by atomic mass is 10.2. The van der Waals surface area contributed by atoms with Gasteiger partial charge in [0.2, 0.25) is 5.91 Å². The predicted molar refractivity (Wildman–Crippen MR) is 96.3 cm³/mol. The lowest BCUT2D eigenvalue weighted by Gasteiger charge is -2.04. The number of pyridine rings is 1. The number of nitrogens with one attached hydrogen (secondary N) is 1. The molecule has 0 saturated carbocycles. The standard InChI is InChI=1S/C19H12F2N6O/c20-12-6-13-16(18-22-7-11-5-15(28)24-17(11)25-18)26-27(19(13)23-8-12)9-10-3-1-2-4-14(10)21/h1-4,6-8H,5,9H2,(H,22,24,25,28). The van der Waals surface area contributed by atoms with Gasteiger partial charge in [0.1, 0.15) is 23.1 Å². The van der Waals surface area contributed by atoms with Crippen LogP contribution >= 0.6 is 0 Å². The summed E-state index contributed by atoms with van der Waals surface area (Å²) in [7, 11) is 0. The lowest BCUT2D eigenvalue weighted by molar-refractivity contribution is -0.115. The third-order valence-corrected chi connectivity index (χ3v) is 4.52. The van der Waals surface area contributed by atoms with Crippen molar-refractivity contribution in [2.45, 2.75) is 13.0 Å². The summed E-state index contributed by atoms with van der Waals surface area (Å²) in [6.45, 7) is 0.115. The monoisotopic (exact) mass is 378 g/mol. The van der Waals surface area contributed by atoms with Gasteiger partial charge in [0.25, 0.3) is 0 Å². The summed E-state index contributed by atoms with van der Waals surface area (Å²) in [6, 6.07) is 7.63. The van der Waals surface area contributed by atoms with E-state index in [1.165, 1.54) is 16.8 Å². The van der Waals surface area contributed by atoms with Crippen molar-refractivity contribution in [3.05, 3.63) is 65.5 Å². The first-order valence-electron chi connectivity index (χ1n) is 8.50. The van der Waals surface area contributed by atoms with Crippen molar-refractivity contribution >= 4 is 22.8 Å². The minimum absolute atomic E-state index is 0.115. The summed E-state index contributed by atoms with van der Waals surface area (Å²) >= 11 is 0. The fourth-order valence-electron chi connectivity index (χ4n) is 3.21. The molecule has 28 heavy (non-hydrogen) atoms. The Balaban J connectivity index is 1.66. The average molecular weight is 378 g/mol. The normalized spacial score (nSPS) is 13.0. The van der Waals surface area contributed by atoms with Gasteiger partial charge in [0.15, 0.2) is 11.5 Å². The first kappa shape index (κ1) is 16.4. The molecule has 0 saturated heterocycles. The van der Waals surface area contributed by atoms with Crippen molar-refractivity contribution in [3.8, 4) is 11.5 Å². The maximum absolute atomic E-state index is 14.1. The third kappa shape index (κ3) is 2.68. The Kier molecular flexibility index (Phi) is 3.61. The van der Waals surface area contributed by atoms with Gasteiger partial charge in [-0.05, 0) is 12.1 Å². The fourth-order valence-corrected chi connectivity index (χ4v) is 3.21. The first-order valence-corrected chi connectivity index (χ1v) is 8.50. The minimum atomic E-state index is -0.534. The highest BCUT2D eigenvalue weighted by Crippen LogP contribution is 2.28. The van der Waals surface area contributed by atoms with Crippen molar-refractivity contribution in [2.75, 3.05) is 5.32 Å². The van der Waals surface area contributed by atoms with Crippen LogP contribution in [0.3, 0.4) is 0 Å². The molecule has 7 nitrogen and oxygen atoms in total. The molecule has 1 aliphatic rings. The van der Waals surface area contributed by atoms with E-state index in [0.29, 0.717) is 33.7 Å². The SMILES string of the molecule is O=C1Cc2cnc(-c3nn(Cc4ccccc4F)c4ncc(F)cc34)nc2N1. The molecule has 1 aromatic carbocycles. The van der Waals surface area contributed by atoms with Crippen molar-refractivity contribution < 1.29 is 13.6 Å². The summed E-state index contributed by atoms with van der Waals surface area (Å²) in [6.07, 6.45) is 2.84. The number of hydrogen-bond acceptors (Lipinski definition) is 5. The molecule has 0 fully saturated rings. The predicted octanol–water partition coefficient (Wildman–Crippen LogP) is 2.71. The molecule has 1 aliphatic heterocycles. The van der Waals surface area contributed by atoms with Gasteiger partial charge in [-0.2, -0.15) is 5.10 Å². The summed E-state index contributed by atoms with van der Waals surface area (Å²) < 4.78 is 29.4. The van der Waals surface area contributed by atoms with Crippen LogP contribution in [0.2, 0.25) is 0 Å². The molecule has 4 aromatic rings. The second kappa shape index (κ2) is 6.15. The number of nitrogens with zero attached hydrogens (tertiary/aromatic N) is 5. The highest BCUT2D eigenvalue weighted by atomic mass is 19.1. The molecule has 0 bridgehead atoms. The van der Waals surface area contributed by atoms with E-state index in [0.717, 1.165) is 6.20 Å². The molecule has 9 heteroatoms. The Labute approximate surface area is 157 Å². The molecule has 0 spiro atoms. The second-order valence-electron chi connectivity index (χ2n) is 6.41. The van der Waals surface area contributed by atoms with E-state index in [2.05, 4.69) is 25.4 Å². The maximum atomic E-state index is 14.1. The molecule has 0 unspecified atom stereocenters. The Hall–Kier alpha value is -3.75. The van der Waals surface area contributed by atoms with Crippen molar-refractivity contribution in [2.24, 2.45) is 0 Å². The number of anilines is 1. The molecule has 0 aliphatic carbocycles. The van der Waals surface area contributed by atoms with Gasteiger partial charge >= 0.3 is 0 Å². The van der Waals surface area contributed by atoms with Gasteiger partial charge in [-0.25, -0.2) is 28.4 Å². The zero-order valence-electron chi connectivity index (χ0n) is 14.4. The largest absolute Gasteiger partial charge is 0.310 e. The van der Waals surface area contributed by atoms with Crippen LogP contribution in [-0.4, -0.2) is 30.6 Å². The number of fused-ring (bicyclic) bond motifs is 2. The number of aromatic nitrogens is 5.